The average Bonchev–Trinajstić information content (AvgIpc) is 3.03. The Kier molecular flexibility index (Phi) is 4.19. The van der Waals surface area contributed by atoms with Gasteiger partial charge in [0.05, 0.1) is 10.6 Å². The fourth-order valence-corrected chi connectivity index (χ4v) is 2.86. The van der Waals surface area contributed by atoms with Gasteiger partial charge in [0.2, 0.25) is 11.6 Å². The number of benzene rings is 1. The van der Waals surface area contributed by atoms with E-state index in [2.05, 4.69) is 31.2 Å². The molecule has 7 nitrogen and oxygen atoms in total. The summed E-state index contributed by atoms with van der Waals surface area (Å²) in [5, 5.41) is 14.5. The molecule has 0 bridgehead atoms. The van der Waals surface area contributed by atoms with Gasteiger partial charge in [-0.15, -0.1) is 0 Å². The van der Waals surface area contributed by atoms with E-state index < -0.39 is 4.92 Å². The monoisotopic (exact) mass is 363 g/mol. The molecular weight excluding hydrogens is 350 g/mol. The minimum atomic E-state index is -0.424. The Hall–Kier alpha value is -2.22. The minimum absolute atomic E-state index is 0.0832. The normalized spacial score (nSPS) is 14.1. The van der Waals surface area contributed by atoms with Gasteiger partial charge in [-0.25, -0.2) is 9.97 Å². The van der Waals surface area contributed by atoms with Gasteiger partial charge < -0.3 is 10.2 Å². The Labute approximate surface area is 135 Å². The number of hydrogen-bond acceptors (Lipinski definition) is 6. The zero-order valence-corrected chi connectivity index (χ0v) is 13.3. The van der Waals surface area contributed by atoms with Gasteiger partial charge in [-0.3, -0.25) is 10.1 Å². The summed E-state index contributed by atoms with van der Waals surface area (Å²) in [7, 11) is 0. The Morgan fingerprint density at radius 3 is 2.64 bits per heavy atom. The van der Waals surface area contributed by atoms with Crippen molar-refractivity contribution in [3.05, 3.63) is 45.2 Å². The molecule has 114 valence electrons. The smallest absolute Gasteiger partial charge is 0.351 e. The second-order valence-corrected chi connectivity index (χ2v) is 5.80. The molecule has 1 aromatic carbocycles. The number of nitrogens with one attached hydrogen (secondary N) is 1. The van der Waals surface area contributed by atoms with Crippen molar-refractivity contribution in [2.24, 2.45) is 0 Å². The number of halogens is 1. The summed E-state index contributed by atoms with van der Waals surface area (Å²) in [6.45, 7) is 1.57. The Bertz CT molecular complexity index is 703. The topological polar surface area (TPSA) is 84.2 Å². The predicted molar refractivity (Wildman–Crippen MR) is 87.6 cm³/mol. The van der Waals surface area contributed by atoms with Crippen LogP contribution < -0.4 is 10.2 Å². The zero-order valence-electron chi connectivity index (χ0n) is 11.7. The summed E-state index contributed by atoms with van der Waals surface area (Å²) in [6.07, 6.45) is 3.40. The first-order valence-corrected chi connectivity index (χ1v) is 7.72. The molecule has 1 aliphatic rings. The van der Waals surface area contributed by atoms with E-state index in [9.17, 15) is 10.1 Å². The minimum Gasteiger partial charge on any atom is -0.351 e. The highest BCUT2D eigenvalue weighted by Crippen LogP contribution is 2.36. The molecule has 1 aliphatic heterocycles. The summed E-state index contributed by atoms with van der Waals surface area (Å²) >= 11 is 3.41. The van der Waals surface area contributed by atoms with Crippen molar-refractivity contribution < 1.29 is 4.92 Å². The number of anilines is 3. The molecule has 0 amide bonds. The van der Waals surface area contributed by atoms with Crippen molar-refractivity contribution in [3.8, 4) is 0 Å². The number of aromatic nitrogens is 2. The third kappa shape index (κ3) is 2.87. The van der Waals surface area contributed by atoms with E-state index in [1.165, 1.54) is 6.33 Å². The Morgan fingerprint density at radius 1 is 1.23 bits per heavy atom. The predicted octanol–water partition coefficient (Wildman–Crippen LogP) is 3.49. The summed E-state index contributed by atoms with van der Waals surface area (Å²) in [4.78, 5) is 21.2. The van der Waals surface area contributed by atoms with Crippen LogP contribution in [0.4, 0.5) is 23.0 Å². The molecule has 1 aromatic heterocycles. The average molecular weight is 364 g/mol. The van der Waals surface area contributed by atoms with Crippen molar-refractivity contribution in [1.82, 2.24) is 9.97 Å². The van der Waals surface area contributed by atoms with E-state index in [0.717, 1.165) is 36.1 Å². The number of para-hydroxylation sites is 1. The molecule has 1 fully saturated rings. The van der Waals surface area contributed by atoms with Crippen molar-refractivity contribution in [2.45, 2.75) is 12.8 Å². The lowest BCUT2D eigenvalue weighted by molar-refractivity contribution is -0.383. The standard InChI is InChI=1S/C14H14BrN5O2/c15-10-5-1-2-6-11(10)18-13-12(20(21)22)14(17-9-16-13)19-7-3-4-8-19/h1-2,5-6,9H,3-4,7-8H2,(H,16,17,18). The summed E-state index contributed by atoms with van der Waals surface area (Å²) in [5.74, 6) is 0.584. The first kappa shape index (κ1) is 14.7. The molecule has 3 rings (SSSR count). The zero-order chi connectivity index (χ0) is 15.5. The highest BCUT2D eigenvalue weighted by Gasteiger charge is 2.28. The molecular formula is C14H14BrN5O2. The molecule has 1 N–H and O–H groups in total. The van der Waals surface area contributed by atoms with Gasteiger partial charge in [0.15, 0.2) is 0 Å². The highest BCUT2D eigenvalue weighted by molar-refractivity contribution is 9.10. The van der Waals surface area contributed by atoms with Gasteiger partial charge in [-0.1, -0.05) is 12.1 Å². The maximum atomic E-state index is 11.5. The quantitative estimate of drug-likeness (QED) is 0.660. The molecule has 0 saturated carbocycles. The third-order valence-corrected chi connectivity index (χ3v) is 4.21. The van der Waals surface area contributed by atoms with Gasteiger partial charge in [-0.2, -0.15) is 0 Å². The third-order valence-electron chi connectivity index (χ3n) is 3.52. The molecule has 2 heterocycles. The lowest BCUT2D eigenvalue weighted by Gasteiger charge is -2.17. The summed E-state index contributed by atoms with van der Waals surface area (Å²) in [5.41, 5.74) is 0.636. The van der Waals surface area contributed by atoms with Crippen LogP contribution in [0.2, 0.25) is 0 Å². The fourth-order valence-electron chi connectivity index (χ4n) is 2.48. The molecule has 0 atom stereocenters. The van der Waals surface area contributed by atoms with Crippen LogP contribution in [-0.4, -0.2) is 28.0 Å². The maximum Gasteiger partial charge on any atom is 0.353 e. The van der Waals surface area contributed by atoms with Gasteiger partial charge in [0, 0.05) is 17.6 Å². The molecule has 2 aromatic rings. The van der Waals surface area contributed by atoms with Crippen LogP contribution in [0, 0.1) is 10.1 Å². The molecule has 0 aliphatic carbocycles. The summed E-state index contributed by atoms with van der Waals surface area (Å²) < 4.78 is 0.811. The van der Waals surface area contributed by atoms with Crippen LogP contribution in [0.15, 0.2) is 35.1 Å². The van der Waals surface area contributed by atoms with Crippen LogP contribution in [-0.2, 0) is 0 Å². The van der Waals surface area contributed by atoms with E-state index >= 15 is 0 Å². The van der Waals surface area contributed by atoms with Crippen LogP contribution in [0.5, 0.6) is 0 Å². The molecule has 1 saturated heterocycles. The second kappa shape index (κ2) is 6.27. The van der Waals surface area contributed by atoms with E-state index in [1.54, 1.807) is 0 Å². The van der Waals surface area contributed by atoms with Gasteiger partial charge in [0.25, 0.3) is 0 Å². The molecule has 0 unspecified atom stereocenters. The summed E-state index contributed by atoms with van der Waals surface area (Å²) in [6, 6.07) is 7.41. The van der Waals surface area contributed by atoms with Crippen LogP contribution in [0.3, 0.4) is 0 Å². The first-order valence-electron chi connectivity index (χ1n) is 6.92. The van der Waals surface area contributed by atoms with Crippen molar-refractivity contribution in [2.75, 3.05) is 23.3 Å². The Balaban J connectivity index is 2.02. The maximum absolute atomic E-state index is 11.5. The number of hydrogen-bond donors (Lipinski definition) is 1. The van der Waals surface area contributed by atoms with E-state index in [1.807, 2.05) is 29.2 Å². The largest absolute Gasteiger partial charge is 0.353 e. The number of nitro groups is 1. The first-order chi connectivity index (χ1) is 10.7. The molecule has 22 heavy (non-hydrogen) atoms. The van der Waals surface area contributed by atoms with Crippen LogP contribution >= 0.6 is 15.9 Å². The van der Waals surface area contributed by atoms with E-state index in [-0.39, 0.29) is 11.5 Å². The van der Waals surface area contributed by atoms with E-state index in [4.69, 9.17) is 0 Å². The van der Waals surface area contributed by atoms with Crippen molar-refractivity contribution >= 4 is 38.9 Å². The van der Waals surface area contributed by atoms with Crippen molar-refractivity contribution in [3.63, 3.8) is 0 Å². The van der Waals surface area contributed by atoms with Crippen LogP contribution in [0.1, 0.15) is 12.8 Å². The van der Waals surface area contributed by atoms with Gasteiger partial charge >= 0.3 is 5.69 Å². The fraction of sp³-hybridized carbons (Fsp3) is 0.286. The lowest BCUT2D eigenvalue weighted by Crippen LogP contribution is -2.21. The Morgan fingerprint density at radius 2 is 1.95 bits per heavy atom. The van der Waals surface area contributed by atoms with Gasteiger partial charge in [0.1, 0.15) is 6.33 Å². The highest BCUT2D eigenvalue weighted by atomic mass is 79.9. The lowest BCUT2D eigenvalue weighted by atomic mass is 10.3. The SMILES string of the molecule is O=[N+]([O-])c1c(Nc2ccccc2Br)ncnc1N1CCCC1. The number of rotatable bonds is 4. The molecule has 0 radical (unpaired) electrons. The number of nitrogens with zero attached hydrogens (tertiary/aromatic N) is 4. The van der Waals surface area contributed by atoms with Crippen molar-refractivity contribution in [1.29, 1.82) is 0 Å². The second-order valence-electron chi connectivity index (χ2n) is 4.95. The van der Waals surface area contributed by atoms with Gasteiger partial charge in [-0.05, 0) is 40.9 Å². The van der Waals surface area contributed by atoms with Crippen LogP contribution in [0.25, 0.3) is 0 Å². The molecule has 0 spiro atoms. The molecule has 8 heteroatoms. The van der Waals surface area contributed by atoms with E-state index in [0.29, 0.717) is 5.82 Å².